The van der Waals surface area contributed by atoms with Crippen molar-refractivity contribution < 1.29 is 4.74 Å². The number of thiocarbonyl (C=S) groups is 1. The maximum Gasteiger partial charge on any atom is 0.259 e. The predicted octanol–water partition coefficient (Wildman–Crippen LogP) is 3.54. The van der Waals surface area contributed by atoms with Crippen LogP contribution in [-0.4, -0.2) is 23.2 Å². The van der Waals surface area contributed by atoms with Crippen LogP contribution in [0.4, 0.5) is 0 Å². The van der Waals surface area contributed by atoms with Crippen LogP contribution < -0.4 is 0 Å². The fraction of sp³-hybridized carbons (Fsp3) is 0.500. The number of likely N-dealkylation sites (tertiary alicyclic amines) is 1. The molecule has 0 aliphatic carbocycles. The zero-order chi connectivity index (χ0) is 12.1. The highest BCUT2D eigenvalue weighted by Crippen LogP contribution is 2.19. The number of hydrogen-bond acceptors (Lipinski definition) is 2. The van der Waals surface area contributed by atoms with Crippen molar-refractivity contribution in [2.75, 3.05) is 13.1 Å². The lowest BCUT2D eigenvalue weighted by Crippen LogP contribution is -2.36. The van der Waals surface area contributed by atoms with Gasteiger partial charge in [0, 0.05) is 13.1 Å². The molecule has 1 aromatic carbocycles. The number of nitrogens with zero attached hydrogens (tertiary/aromatic N) is 1. The van der Waals surface area contributed by atoms with E-state index in [9.17, 15) is 0 Å². The van der Waals surface area contributed by atoms with Crippen LogP contribution in [-0.2, 0) is 4.74 Å². The summed E-state index contributed by atoms with van der Waals surface area (Å²) in [6.45, 7) is 4.13. The Morgan fingerprint density at radius 3 is 2.47 bits per heavy atom. The molecule has 0 spiro atoms. The van der Waals surface area contributed by atoms with Crippen LogP contribution in [0.2, 0.25) is 0 Å². The van der Waals surface area contributed by atoms with E-state index in [0.717, 1.165) is 13.1 Å². The van der Waals surface area contributed by atoms with E-state index >= 15 is 0 Å². The van der Waals surface area contributed by atoms with Crippen LogP contribution in [0.3, 0.4) is 0 Å². The van der Waals surface area contributed by atoms with Gasteiger partial charge in [0.1, 0.15) is 6.10 Å². The van der Waals surface area contributed by atoms with Gasteiger partial charge in [0.2, 0.25) is 0 Å². The minimum absolute atomic E-state index is 0.0330. The van der Waals surface area contributed by atoms with Crippen molar-refractivity contribution in [3.63, 3.8) is 0 Å². The maximum absolute atomic E-state index is 5.83. The molecule has 0 bridgehead atoms. The minimum Gasteiger partial charge on any atom is -0.463 e. The molecule has 0 saturated carbocycles. The van der Waals surface area contributed by atoms with Crippen LogP contribution >= 0.6 is 12.2 Å². The summed E-state index contributed by atoms with van der Waals surface area (Å²) in [7, 11) is 0. The highest BCUT2D eigenvalue weighted by atomic mass is 32.1. The molecule has 2 rings (SSSR count). The molecule has 1 aliphatic heterocycles. The molecule has 1 atom stereocenters. The Labute approximate surface area is 109 Å². The van der Waals surface area contributed by atoms with E-state index in [0.29, 0.717) is 5.17 Å². The maximum atomic E-state index is 5.83. The third kappa shape index (κ3) is 3.43. The van der Waals surface area contributed by atoms with Crippen LogP contribution in [0.5, 0.6) is 0 Å². The lowest BCUT2D eigenvalue weighted by Gasteiger charge is -2.30. The number of rotatable bonds is 2. The lowest BCUT2D eigenvalue weighted by atomic mass is 10.1. The molecule has 1 saturated heterocycles. The quantitative estimate of drug-likeness (QED) is 0.744. The second-order valence-electron chi connectivity index (χ2n) is 4.48. The van der Waals surface area contributed by atoms with Crippen molar-refractivity contribution in [3.8, 4) is 0 Å². The van der Waals surface area contributed by atoms with E-state index in [1.807, 2.05) is 25.1 Å². The number of ether oxygens (including phenoxy) is 1. The SMILES string of the molecule is CC(OC(=S)N1CCCCC1)c1ccccc1. The van der Waals surface area contributed by atoms with E-state index < -0.39 is 0 Å². The lowest BCUT2D eigenvalue weighted by molar-refractivity contribution is 0.165. The summed E-state index contributed by atoms with van der Waals surface area (Å²) in [5.74, 6) is 0. The molecule has 92 valence electrons. The second-order valence-corrected chi connectivity index (χ2v) is 4.83. The summed E-state index contributed by atoms with van der Waals surface area (Å²) in [6.07, 6.45) is 3.80. The van der Waals surface area contributed by atoms with Crippen molar-refractivity contribution in [1.29, 1.82) is 0 Å². The topological polar surface area (TPSA) is 12.5 Å². The van der Waals surface area contributed by atoms with Gasteiger partial charge in [-0.3, -0.25) is 0 Å². The summed E-state index contributed by atoms with van der Waals surface area (Å²) in [5, 5.41) is 0.654. The van der Waals surface area contributed by atoms with Gasteiger partial charge >= 0.3 is 0 Å². The number of benzene rings is 1. The standard InChI is InChI=1S/C14H19NOS/c1-12(13-8-4-2-5-9-13)16-14(17)15-10-6-3-7-11-15/h2,4-5,8-9,12H,3,6-7,10-11H2,1H3. The van der Waals surface area contributed by atoms with Gasteiger partial charge in [-0.15, -0.1) is 0 Å². The first-order chi connectivity index (χ1) is 8.27. The Balaban J connectivity index is 1.89. The molecule has 1 aromatic rings. The van der Waals surface area contributed by atoms with E-state index in [1.165, 1.54) is 24.8 Å². The van der Waals surface area contributed by atoms with Crippen LogP contribution in [0.25, 0.3) is 0 Å². The average Bonchev–Trinajstić information content (AvgIpc) is 2.40. The molecule has 0 aromatic heterocycles. The summed E-state index contributed by atoms with van der Waals surface area (Å²) in [6, 6.07) is 10.2. The van der Waals surface area contributed by atoms with Crippen LogP contribution in [0, 0.1) is 0 Å². The molecule has 0 radical (unpaired) electrons. The largest absolute Gasteiger partial charge is 0.463 e. The summed E-state index contributed by atoms with van der Waals surface area (Å²) in [4.78, 5) is 2.18. The summed E-state index contributed by atoms with van der Waals surface area (Å²) in [5.41, 5.74) is 1.17. The normalized spacial score (nSPS) is 17.6. The van der Waals surface area contributed by atoms with Crippen LogP contribution in [0.1, 0.15) is 37.9 Å². The van der Waals surface area contributed by atoms with E-state index in [-0.39, 0.29) is 6.10 Å². The molecule has 17 heavy (non-hydrogen) atoms. The Morgan fingerprint density at radius 1 is 1.18 bits per heavy atom. The monoisotopic (exact) mass is 249 g/mol. The average molecular weight is 249 g/mol. The van der Waals surface area contributed by atoms with Crippen molar-refractivity contribution in [2.45, 2.75) is 32.3 Å². The number of hydrogen-bond donors (Lipinski definition) is 0. The van der Waals surface area contributed by atoms with Gasteiger partial charge in [0.15, 0.2) is 0 Å². The summed E-state index contributed by atoms with van der Waals surface area (Å²) >= 11 is 5.35. The molecule has 1 fully saturated rings. The third-order valence-electron chi connectivity index (χ3n) is 3.16. The van der Waals surface area contributed by atoms with Gasteiger partial charge in [-0.25, -0.2) is 0 Å². The molecule has 2 nitrogen and oxygen atoms in total. The second kappa shape index (κ2) is 6.01. The van der Waals surface area contributed by atoms with Gasteiger partial charge in [0.25, 0.3) is 5.17 Å². The molecule has 3 heteroatoms. The van der Waals surface area contributed by atoms with Crippen molar-refractivity contribution >= 4 is 17.4 Å². The third-order valence-corrected chi connectivity index (χ3v) is 3.52. The molecule has 0 N–H and O–H groups in total. The fourth-order valence-electron chi connectivity index (χ4n) is 2.09. The predicted molar refractivity (Wildman–Crippen MR) is 74.0 cm³/mol. The first kappa shape index (κ1) is 12.4. The first-order valence-corrected chi connectivity index (χ1v) is 6.68. The minimum atomic E-state index is 0.0330. The Kier molecular flexibility index (Phi) is 4.37. The molecular weight excluding hydrogens is 230 g/mol. The van der Waals surface area contributed by atoms with Gasteiger partial charge in [-0.2, -0.15) is 0 Å². The summed E-state index contributed by atoms with van der Waals surface area (Å²) < 4.78 is 5.83. The van der Waals surface area contributed by atoms with E-state index in [4.69, 9.17) is 17.0 Å². The van der Waals surface area contributed by atoms with Gasteiger partial charge < -0.3 is 9.64 Å². The van der Waals surface area contributed by atoms with Crippen molar-refractivity contribution in [3.05, 3.63) is 35.9 Å². The Hall–Kier alpha value is -1.09. The highest BCUT2D eigenvalue weighted by molar-refractivity contribution is 7.80. The van der Waals surface area contributed by atoms with E-state index in [2.05, 4.69) is 17.0 Å². The first-order valence-electron chi connectivity index (χ1n) is 6.28. The molecule has 1 heterocycles. The molecule has 0 amide bonds. The van der Waals surface area contributed by atoms with Gasteiger partial charge in [-0.05, 0) is 44.0 Å². The molecule has 1 unspecified atom stereocenters. The van der Waals surface area contributed by atoms with E-state index in [1.54, 1.807) is 0 Å². The smallest absolute Gasteiger partial charge is 0.259 e. The Bertz CT molecular complexity index is 360. The van der Waals surface area contributed by atoms with Gasteiger partial charge in [0.05, 0.1) is 0 Å². The van der Waals surface area contributed by atoms with Crippen molar-refractivity contribution in [1.82, 2.24) is 4.90 Å². The number of piperidine rings is 1. The zero-order valence-electron chi connectivity index (χ0n) is 10.3. The fourth-order valence-corrected chi connectivity index (χ4v) is 2.42. The van der Waals surface area contributed by atoms with Crippen molar-refractivity contribution in [2.24, 2.45) is 0 Å². The Morgan fingerprint density at radius 2 is 1.82 bits per heavy atom. The molecular formula is C14H19NOS. The van der Waals surface area contributed by atoms with Gasteiger partial charge in [-0.1, -0.05) is 30.3 Å². The molecule has 1 aliphatic rings. The zero-order valence-corrected chi connectivity index (χ0v) is 11.1. The highest BCUT2D eigenvalue weighted by Gasteiger charge is 2.17. The van der Waals surface area contributed by atoms with Crippen LogP contribution in [0.15, 0.2) is 30.3 Å².